The van der Waals surface area contributed by atoms with Crippen LogP contribution in [0.1, 0.15) is 37.1 Å². The number of benzene rings is 1. The topological polar surface area (TPSA) is 50.2 Å². The summed E-state index contributed by atoms with van der Waals surface area (Å²) in [6, 6.07) is 13.1. The number of hydrogen-bond acceptors (Lipinski definition) is 3. The van der Waals surface area contributed by atoms with E-state index in [1.807, 2.05) is 24.5 Å². The molecule has 0 saturated carbocycles. The molecule has 3 aromatic rings. The Labute approximate surface area is 166 Å². The van der Waals surface area contributed by atoms with Crippen LogP contribution < -0.4 is 5.32 Å². The monoisotopic (exact) mass is 376 g/mol. The molecule has 5 nitrogen and oxygen atoms in total. The average molecular weight is 377 g/mol. The molecule has 4 rings (SSSR count). The fourth-order valence-corrected chi connectivity index (χ4v) is 4.36. The summed E-state index contributed by atoms with van der Waals surface area (Å²) in [5.74, 6) is -0.0314. The van der Waals surface area contributed by atoms with Crippen LogP contribution in [0.15, 0.2) is 48.8 Å². The van der Waals surface area contributed by atoms with Crippen molar-refractivity contribution >= 4 is 22.5 Å². The van der Waals surface area contributed by atoms with Gasteiger partial charge in [0.05, 0.1) is 5.52 Å². The molecule has 0 aliphatic carbocycles. The fourth-order valence-electron chi connectivity index (χ4n) is 4.36. The predicted octanol–water partition coefficient (Wildman–Crippen LogP) is 4.18. The molecular formula is C23H28N4O. The number of nitrogens with one attached hydrogen (secondary N) is 1. The van der Waals surface area contributed by atoms with E-state index >= 15 is 0 Å². The van der Waals surface area contributed by atoms with Gasteiger partial charge in [-0.3, -0.25) is 9.78 Å². The van der Waals surface area contributed by atoms with Gasteiger partial charge in [-0.2, -0.15) is 0 Å². The van der Waals surface area contributed by atoms with E-state index in [1.54, 1.807) is 6.92 Å². The van der Waals surface area contributed by atoms with Crippen molar-refractivity contribution in [3.8, 4) is 0 Å². The third-order valence-corrected chi connectivity index (χ3v) is 5.72. The van der Waals surface area contributed by atoms with Crippen LogP contribution in [0.5, 0.6) is 0 Å². The maximum Gasteiger partial charge on any atom is 0.221 e. The largest absolute Gasteiger partial charge is 0.342 e. The van der Waals surface area contributed by atoms with Gasteiger partial charge in [-0.05, 0) is 56.0 Å². The summed E-state index contributed by atoms with van der Waals surface area (Å²) < 4.78 is 2.47. The van der Waals surface area contributed by atoms with Gasteiger partial charge in [0.15, 0.2) is 0 Å². The Balaban J connectivity index is 1.44. The van der Waals surface area contributed by atoms with Crippen molar-refractivity contribution in [1.82, 2.24) is 14.5 Å². The van der Waals surface area contributed by atoms with Crippen molar-refractivity contribution in [3.63, 3.8) is 0 Å². The Morgan fingerprint density at radius 2 is 2.04 bits per heavy atom. The van der Waals surface area contributed by atoms with Crippen LogP contribution in [0, 0.1) is 6.92 Å². The molecule has 146 valence electrons. The van der Waals surface area contributed by atoms with Crippen LogP contribution in [-0.4, -0.2) is 40.0 Å². The van der Waals surface area contributed by atoms with Gasteiger partial charge in [0.2, 0.25) is 5.91 Å². The van der Waals surface area contributed by atoms with Crippen molar-refractivity contribution in [2.75, 3.05) is 25.0 Å². The number of rotatable bonds is 5. The van der Waals surface area contributed by atoms with Crippen LogP contribution in [0.4, 0.5) is 5.69 Å². The molecule has 1 aliphatic heterocycles. The van der Waals surface area contributed by atoms with Crippen LogP contribution in [0.25, 0.3) is 10.9 Å². The smallest absolute Gasteiger partial charge is 0.221 e. The lowest BCUT2D eigenvalue weighted by Crippen LogP contribution is -2.36. The summed E-state index contributed by atoms with van der Waals surface area (Å²) in [4.78, 5) is 18.2. The highest BCUT2D eigenvalue weighted by Crippen LogP contribution is 2.31. The van der Waals surface area contributed by atoms with Crippen LogP contribution in [-0.2, 0) is 11.2 Å². The predicted molar refractivity (Wildman–Crippen MR) is 114 cm³/mol. The van der Waals surface area contributed by atoms with Crippen molar-refractivity contribution in [2.24, 2.45) is 0 Å². The average Bonchev–Trinajstić information content (AvgIpc) is 3.02. The van der Waals surface area contributed by atoms with Gasteiger partial charge in [0.25, 0.3) is 0 Å². The standard InChI is InChI=1S/C23H28N4O/c1-17-14-20-5-6-21(25-18(2)28)15-23(20)27(17)22-8-12-26(13-9-22)11-7-19-4-3-10-24-16-19/h3-6,10,14-16,22H,7-9,11-13H2,1-2H3,(H,25,28). The van der Waals surface area contributed by atoms with E-state index in [1.165, 1.54) is 22.2 Å². The molecule has 0 radical (unpaired) electrons. The summed E-state index contributed by atoms with van der Waals surface area (Å²) in [5, 5.41) is 4.15. The summed E-state index contributed by atoms with van der Waals surface area (Å²) in [7, 11) is 0. The van der Waals surface area contributed by atoms with Gasteiger partial charge >= 0.3 is 0 Å². The zero-order chi connectivity index (χ0) is 19.5. The number of carbonyl (C=O) groups excluding carboxylic acids is 1. The number of carbonyl (C=O) groups is 1. The second-order valence-corrected chi connectivity index (χ2v) is 7.79. The van der Waals surface area contributed by atoms with E-state index < -0.39 is 0 Å². The lowest BCUT2D eigenvalue weighted by atomic mass is 10.0. The summed E-state index contributed by atoms with van der Waals surface area (Å²) in [5.41, 5.74) is 4.69. The van der Waals surface area contributed by atoms with E-state index in [9.17, 15) is 4.79 Å². The highest BCUT2D eigenvalue weighted by Gasteiger charge is 2.22. The van der Waals surface area contributed by atoms with E-state index in [0.717, 1.165) is 44.6 Å². The number of pyridine rings is 1. The molecule has 1 N–H and O–H groups in total. The Morgan fingerprint density at radius 3 is 2.75 bits per heavy atom. The second-order valence-electron chi connectivity index (χ2n) is 7.79. The van der Waals surface area contributed by atoms with E-state index in [-0.39, 0.29) is 5.91 Å². The second kappa shape index (κ2) is 8.15. The van der Waals surface area contributed by atoms with Crippen LogP contribution in [0.3, 0.4) is 0 Å². The molecule has 0 unspecified atom stereocenters. The van der Waals surface area contributed by atoms with E-state index in [4.69, 9.17) is 0 Å². The number of likely N-dealkylation sites (tertiary alicyclic amines) is 1. The molecule has 1 fully saturated rings. The zero-order valence-corrected chi connectivity index (χ0v) is 16.7. The lowest BCUT2D eigenvalue weighted by Gasteiger charge is -2.33. The van der Waals surface area contributed by atoms with Crippen molar-refractivity contribution in [3.05, 3.63) is 60.0 Å². The van der Waals surface area contributed by atoms with Gasteiger partial charge in [-0.1, -0.05) is 12.1 Å². The van der Waals surface area contributed by atoms with E-state index in [2.05, 4.69) is 51.0 Å². The van der Waals surface area contributed by atoms with Crippen LogP contribution >= 0.6 is 0 Å². The Bertz CT molecular complexity index is 955. The Kier molecular flexibility index (Phi) is 5.44. The van der Waals surface area contributed by atoms with Crippen molar-refractivity contribution in [1.29, 1.82) is 0 Å². The highest BCUT2D eigenvalue weighted by atomic mass is 16.1. The minimum atomic E-state index is -0.0314. The molecule has 1 aromatic carbocycles. The molecule has 0 spiro atoms. The van der Waals surface area contributed by atoms with Gasteiger partial charge in [-0.25, -0.2) is 0 Å². The maximum absolute atomic E-state index is 11.4. The molecular weight excluding hydrogens is 348 g/mol. The van der Waals surface area contributed by atoms with Gasteiger partial charge in [0, 0.05) is 61.8 Å². The molecule has 28 heavy (non-hydrogen) atoms. The Hall–Kier alpha value is -2.66. The summed E-state index contributed by atoms with van der Waals surface area (Å²) in [6.07, 6.45) is 7.17. The molecule has 1 aliphatic rings. The first kappa shape index (κ1) is 18.7. The number of amides is 1. The number of piperidine rings is 1. The minimum absolute atomic E-state index is 0.0314. The first-order valence-corrected chi connectivity index (χ1v) is 10.1. The SMILES string of the molecule is CC(=O)Nc1ccc2cc(C)n(C3CCN(CCc4cccnc4)CC3)c2c1. The molecule has 0 atom stereocenters. The quantitative estimate of drug-likeness (QED) is 0.727. The number of hydrogen-bond donors (Lipinski definition) is 1. The van der Waals surface area contributed by atoms with Gasteiger partial charge in [0.1, 0.15) is 0 Å². The summed E-state index contributed by atoms with van der Waals surface area (Å²) in [6.45, 7) is 7.07. The maximum atomic E-state index is 11.4. The van der Waals surface area contributed by atoms with E-state index in [0.29, 0.717) is 6.04 Å². The first-order valence-electron chi connectivity index (χ1n) is 10.1. The molecule has 0 bridgehead atoms. The fraction of sp³-hybridized carbons (Fsp3) is 0.391. The summed E-state index contributed by atoms with van der Waals surface area (Å²) >= 11 is 0. The number of aryl methyl sites for hydroxylation is 1. The van der Waals surface area contributed by atoms with Gasteiger partial charge in [-0.15, -0.1) is 0 Å². The third kappa shape index (κ3) is 4.09. The molecule has 2 aromatic heterocycles. The molecule has 5 heteroatoms. The Morgan fingerprint density at radius 1 is 1.21 bits per heavy atom. The van der Waals surface area contributed by atoms with Crippen LogP contribution in [0.2, 0.25) is 0 Å². The third-order valence-electron chi connectivity index (χ3n) is 5.72. The zero-order valence-electron chi connectivity index (χ0n) is 16.7. The number of anilines is 1. The number of nitrogens with zero attached hydrogens (tertiary/aromatic N) is 3. The first-order chi connectivity index (χ1) is 13.6. The minimum Gasteiger partial charge on any atom is -0.342 e. The van der Waals surface area contributed by atoms with Crippen molar-refractivity contribution in [2.45, 2.75) is 39.2 Å². The number of aromatic nitrogens is 2. The molecule has 3 heterocycles. The highest BCUT2D eigenvalue weighted by molar-refractivity contribution is 5.92. The number of fused-ring (bicyclic) bond motifs is 1. The molecule has 1 amide bonds. The molecule has 1 saturated heterocycles. The normalized spacial score (nSPS) is 15.8. The van der Waals surface area contributed by atoms with Crippen molar-refractivity contribution < 1.29 is 4.79 Å². The lowest BCUT2D eigenvalue weighted by molar-refractivity contribution is -0.114. The van der Waals surface area contributed by atoms with Gasteiger partial charge < -0.3 is 14.8 Å².